The standard InChI is InChI=1S/C21H18N2O2/c24-20-13-17(22-23-20)14-25-19-12-11-18(15-7-3-1-4-8-15)21(19)16-9-5-2-6-10-16/h1-12,21H,13-14H2,(H,23,24). The molecule has 1 aliphatic carbocycles. The van der Waals surface area contributed by atoms with Crippen LogP contribution in [0.1, 0.15) is 23.5 Å². The molecule has 0 bridgehead atoms. The van der Waals surface area contributed by atoms with E-state index in [0.717, 1.165) is 11.5 Å². The summed E-state index contributed by atoms with van der Waals surface area (Å²) >= 11 is 0. The van der Waals surface area contributed by atoms with E-state index in [1.165, 1.54) is 16.7 Å². The van der Waals surface area contributed by atoms with Crippen LogP contribution in [0.25, 0.3) is 5.57 Å². The molecule has 0 radical (unpaired) electrons. The Bertz CT molecular complexity index is 867. The van der Waals surface area contributed by atoms with Crippen molar-refractivity contribution in [1.29, 1.82) is 0 Å². The van der Waals surface area contributed by atoms with Gasteiger partial charge in [-0.3, -0.25) is 4.79 Å². The third-order valence-electron chi connectivity index (χ3n) is 4.37. The van der Waals surface area contributed by atoms with Crippen LogP contribution in [0.15, 0.2) is 83.7 Å². The van der Waals surface area contributed by atoms with Crippen molar-refractivity contribution < 1.29 is 9.53 Å². The second-order valence-electron chi connectivity index (χ2n) is 6.08. The minimum Gasteiger partial charge on any atom is -0.491 e. The van der Waals surface area contributed by atoms with Crippen LogP contribution in [0.4, 0.5) is 0 Å². The lowest BCUT2D eigenvalue weighted by Gasteiger charge is -2.21. The molecule has 4 heteroatoms. The summed E-state index contributed by atoms with van der Waals surface area (Å²) < 4.78 is 6.04. The molecule has 1 amide bonds. The van der Waals surface area contributed by atoms with E-state index in [0.29, 0.717) is 13.0 Å². The fourth-order valence-corrected chi connectivity index (χ4v) is 3.19. The highest BCUT2D eigenvalue weighted by atomic mass is 16.5. The Kier molecular flexibility index (Phi) is 4.17. The molecule has 4 rings (SSSR count). The highest BCUT2D eigenvalue weighted by Gasteiger charge is 2.28. The van der Waals surface area contributed by atoms with Gasteiger partial charge < -0.3 is 4.74 Å². The summed E-state index contributed by atoms with van der Waals surface area (Å²) in [6.07, 6.45) is 4.44. The quantitative estimate of drug-likeness (QED) is 0.910. The molecule has 1 atom stereocenters. The number of carbonyl (C=O) groups excluding carboxylic acids is 1. The first-order valence-electron chi connectivity index (χ1n) is 8.30. The van der Waals surface area contributed by atoms with Gasteiger partial charge in [0.15, 0.2) is 0 Å². The number of rotatable bonds is 5. The third kappa shape index (κ3) is 3.24. The van der Waals surface area contributed by atoms with Crippen LogP contribution in [0.5, 0.6) is 0 Å². The Morgan fingerprint density at radius 3 is 2.40 bits per heavy atom. The first-order valence-corrected chi connectivity index (χ1v) is 8.30. The van der Waals surface area contributed by atoms with Crippen LogP contribution in [0.3, 0.4) is 0 Å². The van der Waals surface area contributed by atoms with Crippen LogP contribution in [-0.2, 0) is 9.53 Å². The number of ether oxygens (including phenoxy) is 1. The van der Waals surface area contributed by atoms with Crippen molar-refractivity contribution in [3.8, 4) is 0 Å². The number of benzene rings is 2. The van der Waals surface area contributed by atoms with E-state index in [9.17, 15) is 4.79 Å². The fourth-order valence-electron chi connectivity index (χ4n) is 3.19. The molecular formula is C21H18N2O2. The highest BCUT2D eigenvalue weighted by Crippen LogP contribution is 2.42. The molecular weight excluding hydrogens is 312 g/mol. The number of amides is 1. The van der Waals surface area contributed by atoms with Gasteiger partial charge in [-0.15, -0.1) is 0 Å². The van der Waals surface area contributed by atoms with E-state index >= 15 is 0 Å². The first kappa shape index (κ1) is 15.4. The molecule has 0 saturated heterocycles. The Balaban J connectivity index is 1.58. The van der Waals surface area contributed by atoms with Crippen molar-refractivity contribution in [2.45, 2.75) is 12.3 Å². The smallest absolute Gasteiger partial charge is 0.245 e. The minimum absolute atomic E-state index is 0.0502. The molecule has 0 saturated carbocycles. The van der Waals surface area contributed by atoms with Gasteiger partial charge in [-0.2, -0.15) is 5.10 Å². The second kappa shape index (κ2) is 6.77. The van der Waals surface area contributed by atoms with E-state index in [1.54, 1.807) is 0 Å². The lowest BCUT2D eigenvalue weighted by atomic mass is 9.88. The molecule has 0 aromatic heterocycles. The molecule has 2 aromatic rings. The number of hydrazone groups is 1. The zero-order valence-electron chi connectivity index (χ0n) is 13.7. The van der Waals surface area contributed by atoms with Crippen molar-refractivity contribution >= 4 is 17.2 Å². The SMILES string of the molecule is O=C1CC(COC2=CC=C(c3ccccc3)C2c2ccccc2)=NN1. The number of nitrogens with zero attached hydrogens (tertiary/aromatic N) is 1. The third-order valence-corrected chi connectivity index (χ3v) is 4.37. The average Bonchev–Trinajstić information content (AvgIpc) is 3.27. The average molecular weight is 330 g/mol. The zero-order chi connectivity index (χ0) is 17.1. The molecule has 1 N–H and O–H groups in total. The van der Waals surface area contributed by atoms with Gasteiger partial charge in [-0.1, -0.05) is 66.7 Å². The Hall–Kier alpha value is -3.14. The van der Waals surface area contributed by atoms with E-state index in [-0.39, 0.29) is 11.8 Å². The summed E-state index contributed by atoms with van der Waals surface area (Å²) in [6, 6.07) is 20.6. The number of hydrogen-bond donors (Lipinski definition) is 1. The van der Waals surface area contributed by atoms with Crippen LogP contribution in [-0.4, -0.2) is 18.2 Å². The Morgan fingerprint density at radius 1 is 1.00 bits per heavy atom. The van der Waals surface area contributed by atoms with Crippen LogP contribution in [0, 0.1) is 0 Å². The van der Waals surface area contributed by atoms with Crippen LogP contribution >= 0.6 is 0 Å². The zero-order valence-corrected chi connectivity index (χ0v) is 13.7. The molecule has 0 fully saturated rings. The molecule has 1 aliphatic heterocycles. The molecule has 2 aliphatic rings. The lowest BCUT2D eigenvalue weighted by Crippen LogP contribution is -2.12. The molecule has 0 spiro atoms. The summed E-state index contributed by atoms with van der Waals surface area (Å²) in [5, 5.41) is 4.00. The summed E-state index contributed by atoms with van der Waals surface area (Å²) in [4.78, 5) is 11.3. The van der Waals surface area contributed by atoms with Crippen molar-refractivity contribution in [2.75, 3.05) is 6.61 Å². The predicted molar refractivity (Wildman–Crippen MR) is 97.8 cm³/mol. The molecule has 124 valence electrons. The van der Waals surface area contributed by atoms with Gasteiger partial charge in [0.25, 0.3) is 0 Å². The molecule has 4 nitrogen and oxygen atoms in total. The van der Waals surface area contributed by atoms with Crippen molar-refractivity contribution in [1.82, 2.24) is 5.43 Å². The van der Waals surface area contributed by atoms with Gasteiger partial charge in [0.2, 0.25) is 5.91 Å². The minimum atomic E-state index is -0.0817. The van der Waals surface area contributed by atoms with E-state index < -0.39 is 0 Å². The summed E-state index contributed by atoms with van der Waals surface area (Å²) in [5.41, 5.74) is 6.76. The van der Waals surface area contributed by atoms with E-state index in [2.05, 4.69) is 40.9 Å². The molecule has 2 aromatic carbocycles. The van der Waals surface area contributed by atoms with E-state index in [4.69, 9.17) is 4.74 Å². The summed E-state index contributed by atoms with van der Waals surface area (Å²) in [6.45, 7) is 0.323. The number of carbonyl (C=O) groups is 1. The lowest BCUT2D eigenvalue weighted by molar-refractivity contribution is -0.119. The van der Waals surface area contributed by atoms with Gasteiger partial charge in [-0.25, -0.2) is 5.43 Å². The molecule has 25 heavy (non-hydrogen) atoms. The summed E-state index contributed by atoms with van der Waals surface area (Å²) in [5.74, 6) is 0.850. The monoisotopic (exact) mass is 330 g/mol. The van der Waals surface area contributed by atoms with Gasteiger partial charge >= 0.3 is 0 Å². The normalized spacial score (nSPS) is 19.1. The van der Waals surface area contributed by atoms with Gasteiger partial charge in [0.1, 0.15) is 12.4 Å². The number of nitrogens with one attached hydrogen (secondary N) is 1. The maximum Gasteiger partial charge on any atom is 0.245 e. The topological polar surface area (TPSA) is 50.7 Å². The van der Waals surface area contributed by atoms with Crippen LogP contribution < -0.4 is 5.43 Å². The predicted octanol–water partition coefficient (Wildman–Crippen LogP) is 3.64. The van der Waals surface area contributed by atoms with Gasteiger partial charge in [0, 0.05) is 0 Å². The second-order valence-corrected chi connectivity index (χ2v) is 6.08. The Labute approximate surface area is 146 Å². The summed E-state index contributed by atoms with van der Waals surface area (Å²) in [7, 11) is 0. The van der Waals surface area contributed by atoms with E-state index in [1.807, 2.05) is 42.5 Å². The highest BCUT2D eigenvalue weighted by molar-refractivity contribution is 6.05. The maximum atomic E-state index is 11.3. The van der Waals surface area contributed by atoms with Gasteiger partial charge in [-0.05, 0) is 22.8 Å². The van der Waals surface area contributed by atoms with Crippen LogP contribution in [0.2, 0.25) is 0 Å². The van der Waals surface area contributed by atoms with Crippen molar-refractivity contribution in [3.05, 3.63) is 89.7 Å². The molecule has 1 unspecified atom stereocenters. The van der Waals surface area contributed by atoms with Crippen molar-refractivity contribution in [3.63, 3.8) is 0 Å². The first-order chi connectivity index (χ1) is 12.3. The van der Waals surface area contributed by atoms with Crippen molar-refractivity contribution in [2.24, 2.45) is 5.10 Å². The van der Waals surface area contributed by atoms with Gasteiger partial charge in [0.05, 0.1) is 18.1 Å². The maximum absolute atomic E-state index is 11.3. The largest absolute Gasteiger partial charge is 0.491 e. The number of hydrogen-bond acceptors (Lipinski definition) is 3. The molecule has 1 heterocycles. The Morgan fingerprint density at radius 2 is 1.72 bits per heavy atom. The fraction of sp³-hybridized carbons (Fsp3) is 0.143. The number of allylic oxidation sites excluding steroid dienone is 3.